The largest absolute Gasteiger partial charge is 0.381 e. The van der Waals surface area contributed by atoms with E-state index in [0.29, 0.717) is 44.3 Å². The quantitative estimate of drug-likeness (QED) is 0.628. The van der Waals surface area contributed by atoms with E-state index >= 15 is 0 Å². The summed E-state index contributed by atoms with van der Waals surface area (Å²) in [5.41, 5.74) is 7.61. The molecule has 0 atom stereocenters. The summed E-state index contributed by atoms with van der Waals surface area (Å²) in [4.78, 5) is 23.5. The zero-order valence-electron chi connectivity index (χ0n) is 15.9. The highest BCUT2D eigenvalue weighted by molar-refractivity contribution is 5.56. The van der Waals surface area contributed by atoms with Crippen molar-refractivity contribution in [2.24, 2.45) is 5.73 Å². The van der Waals surface area contributed by atoms with E-state index in [1.807, 2.05) is 19.1 Å². The van der Waals surface area contributed by atoms with Crippen LogP contribution in [0.15, 0.2) is 23.1 Å². The molecule has 1 fully saturated rings. The number of hydrogen-bond donors (Lipinski definition) is 3. The smallest absolute Gasteiger partial charge is 0.254 e. The van der Waals surface area contributed by atoms with Crippen LogP contribution < -0.4 is 16.6 Å². The summed E-state index contributed by atoms with van der Waals surface area (Å²) in [7, 11) is 0. The second kappa shape index (κ2) is 8.60. The fourth-order valence-electron chi connectivity index (χ4n) is 3.02. The van der Waals surface area contributed by atoms with Gasteiger partial charge in [0.15, 0.2) is 0 Å². The van der Waals surface area contributed by atoms with E-state index in [-0.39, 0.29) is 11.2 Å². The molecule has 3 rings (SSSR count). The Morgan fingerprint density at radius 1 is 1.33 bits per heavy atom. The SMILES string of the molecule is Cc1nc(-c2ccc(NCCOC3(CN)CCOCC3)nc2)[nH]c(=O)c1C. The maximum atomic E-state index is 11.9. The van der Waals surface area contributed by atoms with Crippen LogP contribution >= 0.6 is 0 Å². The molecule has 0 amide bonds. The van der Waals surface area contributed by atoms with Crippen molar-refractivity contribution >= 4 is 5.82 Å². The Balaban J connectivity index is 1.54. The molecule has 1 saturated heterocycles. The summed E-state index contributed by atoms with van der Waals surface area (Å²) < 4.78 is 11.4. The Bertz CT molecular complexity index is 813. The molecule has 3 heterocycles. The van der Waals surface area contributed by atoms with Gasteiger partial charge in [-0.3, -0.25) is 4.79 Å². The standard InChI is InChI=1S/C19H27N5O3/c1-13-14(2)23-17(24-18(13)25)15-3-4-16(22-11-15)21-7-10-27-19(12-20)5-8-26-9-6-19/h3-4,11H,5-10,12,20H2,1-2H3,(H,21,22)(H,23,24,25). The summed E-state index contributed by atoms with van der Waals surface area (Å²) in [6.45, 7) is 6.66. The average Bonchev–Trinajstić information content (AvgIpc) is 2.70. The highest BCUT2D eigenvalue weighted by atomic mass is 16.5. The molecule has 2 aromatic heterocycles. The third-order valence-electron chi connectivity index (χ3n) is 5.02. The van der Waals surface area contributed by atoms with Gasteiger partial charge in [-0.1, -0.05) is 0 Å². The third-order valence-corrected chi connectivity index (χ3v) is 5.02. The van der Waals surface area contributed by atoms with Gasteiger partial charge in [0.25, 0.3) is 5.56 Å². The van der Waals surface area contributed by atoms with E-state index in [0.717, 1.165) is 29.9 Å². The van der Waals surface area contributed by atoms with Crippen LogP contribution in [0.5, 0.6) is 0 Å². The Morgan fingerprint density at radius 3 is 2.74 bits per heavy atom. The van der Waals surface area contributed by atoms with Gasteiger partial charge in [0, 0.05) is 62.2 Å². The van der Waals surface area contributed by atoms with Crippen LogP contribution in [0.25, 0.3) is 11.4 Å². The fourth-order valence-corrected chi connectivity index (χ4v) is 3.02. The molecule has 0 spiro atoms. The van der Waals surface area contributed by atoms with Gasteiger partial charge in [-0.2, -0.15) is 0 Å². The van der Waals surface area contributed by atoms with Crippen LogP contribution in [0.1, 0.15) is 24.1 Å². The van der Waals surface area contributed by atoms with Crippen LogP contribution in [0.3, 0.4) is 0 Å². The van der Waals surface area contributed by atoms with Gasteiger partial charge < -0.3 is 25.5 Å². The van der Waals surface area contributed by atoms with E-state index in [1.165, 1.54) is 0 Å². The number of anilines is 1. The van der Waals surface area contributed by atoms with Gasteiger partial charge >= 0.3 is 0 Å². The van der Waals surface area contributed by atoms with Crippen molar-refractivity contribution in [3.63, 3.8) is 0 Å². The van der Waals surface area contributed by atoms with Crippen LogP contribution in [0.4, 0.5) is 5.82 Å². The lowest BCUT2D eigenvalue weighted by Gasteiger charge is -2.36. The topological polar surface area (TPSA) is 115 Å². The van der Waals surface area contributed by atoms with E-state index in [2.05, 4.69) is 20.3 Å². The second-order valence-electron chi connectivity index (χ2n) is 6.83. The average molecular weight is 373 g/mol. The predicted molar refractivity (Wildman–Crippen MR) is 104 cm³/mol. The number of nitrogens with zero attached hydrogens (tertiary/aromatic N) is 2. The van der Waals surface area contributed by atoms with Crippen LogP contribution in [-0.4, -0.2) is 53.5 Å². The lowest BCUT2D eigenvalue weighted by molar-refractivity contribution is -0.101. The minimum atomic E-state index is -0.266. The molecule has 0 bridgehead atoms. The number of pyridine rings is 1. The molecule has 1 aliphatic heterocycles. The van der Waals surface area contributed by atoms with Gasteiger partial charge in [-0.15, -0.1) is 0 Å². The van der Waals surface area contributed by atoms with Crippen LogP contribution in [0, 0.1) is 13.8 Å². The van der Waals surface area contributed by atoms with Gasteiger partial charge in [0.05, 0.1) is 12.2 Å². The molecule has 8 heteroatoms. The number of nitrogens with two attached hydrogens (primary N) is 1. The van der Waals surface area contributed by atoms with E-state index < -0.39 is 0 Å². The first-order valence-electron chi connectivity index (χ1n) is 9.23. The maximum absolute atomic E-state index is 11.9. The highest BCUT2D eigenvalue weighted by Gasteiger charge is 2.31. The molecule has 146 valence electrons. The molecule has 1 aliphatic rings. The number of nitrogens with one attached hydrogen (secondary N) is 2. The van der Waals surface area contributed by atoms with Crippen molar-refractivity contribution < 1.29 is 9.47 Å². The Hall–Kier alpha value is -2.29. The number of rotatable bonds is 7. The molecule has 27 heavy (non-hydrogen) atoms. The maximum Gasteiger partial charge on any atom is 0.254 e. The zero-order valence-corrected chi connectivity index (χ0v) is 15.9. The summed E-state index contributed by atoms with van der Waals surface area (Å²) >= 11 is 0. The molecule has 0 saturated carbocycles. The number of aromatic nitrogens is 3. The lowest BCUT2D eigenvalue weighted by atomic mass is 9.94. The normalized spacial score (nSPS) is 16.3. The van der Waals surface area contributed by atoms with Crippen molar-refractivity contribution in [1.82, 2.24) is 15.0 Å². The first-order chi connectivity index (χ1) is 13.0. The van der Waals surface area contributed by atoms with Gasteiger partial charge in [0.2, 0.25) is 0 Å². The summed E-state index contributed by atoms with van der Waals surface area (Å²) in [6.07, 6.45) is 3.35. The molecule has 8 nitrogen and oxygen atoms in total. The van der Waals surface area contributed by atoms with Crippen LogP contribution in [-0.2, 0) is 9.47 Å². The van der Waals surface area contributed by atoms with Crippen molar-refractivity contribution in [2.75, 3.05) is 38.2 Å². The van der Waals surface area contributed by atoms with Gasteiger partial charge in [-0.25, -0.2) is 9.97 Å². The Labute approximate surface area is 158 Å². The van der Waals surface area contributed by atoms with Gasteiger partial charge in [-0.05, 0) is 26.0 Å². The Morgan fingerprint density at radius 2 is 2.11 bits per heavy atom. The van der Waals surface area contributed by atoms with Crippen molar-refractivity contribution in [3.05, 3.63) is 39.9 Å². The predicted octanol–water partition coefficient (Wildman–Crippen LogP) is 1.39. The number of aromatic amines is 1. The van der Waals surface area contributed by atoms with Gasteiger partial charge in [0.1, 0.15) is 11.6 Å². The molecule has 2 aromatic rings. The van der Waals surface area contributed by atoms with E-state index in [9.17, 15) is 4.79 Å². The molecule has 4 N–H and O–H groups in total. The number of ether oxygens (including phenoxy) is 2. The second-order valence-corrected chi connectivity index (χ2v) is 6.83. The first kappa shape index (κ1) is 19.5. The minimum absolute atomic E-state index is 0.126. The molecule has 0 radical (unpaired) electrons. The third kappa shape index (κ3) is 4.71. The molecular formula is C19H27N5O3. The first-order valence-corrected chi connectivity index (χ1v) is 9.23. The lowest BCUT2D eigenvalue weighted by Crippen LogP contribution is -2.46. The van der Waals surface area contributed by atoms with Crippen LogP contribution in [0.2, 0.25) is 0 Å². The van der Waals surface area contributed by atoms with Crippen molar-refractivity contribution in [1.29, 1.82) is 0 Å². The molecule has 0 unspecified atom stereocenters. The molecule has 0 aromatic carbocycles. The molecule has 0 aliphatic carbocycles. The minimum Gasteiger partial charge on any atom is -0.381 e. The van der Waals surface area contributed by atoms with E-state index in [4.69, 9.17) is 15.2 Å². The van der Waals surface area contributed by atoms with Crippen molar-refractivity contribution in [2.45, 2.75) is 32.3 Å². The highest BCUT2D eigenvalue weighted by Crippen LogP contribution is 2.23. The number of hydrogen-bond acceptors (Lipinski definition) is 7. The summed E-state index contributed by atoms with van der Waals surface area (Å²) in [5, 5.41) is 3.24. The molecular weight excluding hydrogens is 346 g/mol. The summed E-state index contributed by atoms with van der Waals surface area (Å²) in [5.74, 6) is 1.26. The number of aryl methyl sites for hydroxylation is 1. The fraction of sp³-hybridized carbons (Fsp3) is 0.526. The monoisotopic (exact) mass is 373 g/mol. The van der Waals surface area contributed by atoms with E-state index in [1.54, 1.807) is 13.1 Å². The number of H-pyrrole nitrogens is 1. The zero-order chi connectivity index (χ0) is 19.3. The Kier molecular flexibility index (Phi) is 6.20. The summed E-state index contributed by atoms with van der Waals surface area (Å²) in [6, 6.07) is 3.74. The van der Waals surface area contributed by atoms with Crippen molar-refractivity contribution in [3.8, 4) is 11.4 Å².